The normalized spacial score (nSPS) is 12.3. The van der Waals surface area contributed by atoms with Gasteiger partial charge in [-0.1, -0.05) is 29.8 Å². The first-order valence-corrected chi connectivity index (χ1v) is 6.52. The second-order valence-corrected chi connectivity index (χ2v) is 4.71. The number of pyridine rings is 1. The molecule has 0 aliphatic carbocycles. The third kappa shape index (κ3) is 3.56. The second-order valence-electron chi connectivity index (χ2n) is 4.30. The van der Waals surface area contributed by atoms with E-state index in [1.807, 2.05) is 42.7 Å². The molecule has 2 rings (SSSR count). The lowest BCUT2D eigenvalue weighted by Gasteiger charge is -2.15. The number of hydrogen-bond acceptors (Lipinski definition) is 2. The van der Waals surface area contributed by atoms with Crippen molar-refractivity contribution in [1.29, 1.82) is 0 Å². The summed E-state index contributed by atoms with van der Waals surface area (Å²) < 4.78 is 0. The minimum Gasteiger partial charge on any atom is -0.310 e. The lowest BCUT2D eigenvalue weighted by Crippen LogP contribution is -2.21. The van der Waals surface area contributed by atoms with Gasteiger partial charge in [0.1, 0.15) is 0 Å². The molecule has 1 N–H and O–H groups in total. The molecule has 0 radical (unpaired) electrons. The van der Waals surface area contributed by atoms with Gasteiger partial charge < -0.3 is 5.32 Å². The Labute approximate surface area is 113 Å². The number of aromatic nitrogens is 1. The van der Waals surface area contributed by atoms with Crippen LogP contribution in [-0.2, 0) is 6.42 Å². The molecule has 18 heavy (non-hydrogen) atoms. The molecule has 1 aromatic carbocycles. The summed E-state index contributed by atoms with van der Waals surface area (Å²) in [5, 5.41) is 4.30. The van der Waals surface area contributed by atoms with Crippen molar-refractivity contribution in [2.45, 2.75) is 19.4 Å². The summed E-state index contributed by atoms with van der Waals surface area (Å²) in [6.45, 7) is 3.06. The van der Waals surface area contributed by atoms with Crippen molar-refractivity contribution in [3.05, 3.63) is 64.9 Å². The smallest absolute Gasteiger partial charge is 0.0453 e. The van der Waals surface area contributed by atoms with Crippen molar-refractivity contribution in [2.24, 2.45) is 0 Å². The van der Waals surface area contributed by atoms with Crippen LogP contribution in [0.4, 0.5) is 0 Å². The highest BCUT2D eigenvalue weighted by atomic mass is 35.5. The van der Waals surface area contributed by atoms with E-state index in [4.69, 9.17) is 11.6 Å². The van der Waals surface area contributed by atoms with Crippen LogP contribution < -0.4 is 5.32 Å². The molecule has 0 aliphatic rings. The van der Waals surface area contributed by atoms with Gasteiger partial charge in [0, 0.05) is 23.5 Å². The highest BCUT2D eigenvalue weighted by Crippen LogP contribution is 2.21. The molecule has 94 valence electrons. The van der Waals surface area contributed by atoms with Gasteiger partial charge in [-0.25, -0.2) is 0 Å². The zero-order valence-corrected chi connectivity index (χ0v) is 11.2. The lowest BCUT2D eigenvalue weighted by atomic mass is 10.1. The molecule has 0 saturated carbocycles. The van der Waals surface area contributed by atoms with E-state index >= 15 is 0 Å². The average molecular weight is 261 g/mol. The van der Waals surface area contributed by atoms with Gasteiger partial charge in [-0.05, 0) is 49.2 Å². The second kappa shape index (κ2) is 6.53. The van der Waals surface area contributed by atoms with E-state index in [0.717, 1.165) is 23.6 Å². The van der Waals surface area contributed by atoms with Crippen LogP contribution in [0.15, 0.2) is 48.8 Å². The summed E-state index contributed by atoms with van der Waals surface area (Å²) in [4.78, 5) is 4.01. The fourth-order valence-corrected chi connectivity index (χ4v) is 2.22. The van der Waals surface area contributed by atoms with Crippen molar-refractivity contribution in [3.8, 4) is 0 Å². The van der Waals surface area contributed by atoms with Gasteiger partial charge in [-0.2, -0.15) is 0 Å². The van der Waals surface area contributed by atoms with Crippen LogP contribution in [0.25, 0.3) is 0 Å². The molecular weight excluding hydrogens is 244 g/mol. The Kier molecular flexibility index (Phi) is 4.73. The molecule has 1 heterocycles. The Hall–Kier alpha value is -1.38. The first-order valence-electron chi connectivity index (χ1n) is 6.14. The minimum absolute atomic E-state index is 0.264. The molecule has 2 nitrogen and oxygen atoms in total. The molecule has 0 unspecified atom stereocenters. The fraction of sp³-hybridized carbons (Fsp3) is 0.267. The Morgan fingerprint density at radius 2 is 1.89 bits per heavy atom. The van der Waals surface area contributed by atoms with Crippen LogP contribution in [-0.4, -0.2) is 11.5 Å². The molecule has 2 aromatic rings. The topological polar surface area (TPSA) is 24.9 Å². The number of nitrogens with one attached hydrogen (secondary N) is 1. The molecule has 3 heteroatoms. The van der Waals surface area contributed by atoms with Crippen LogP contribution in [0.5, 0.6) is 0 Å². The quantitative estimate of drug-likeness (QED) is 0.888. The van der Waals surface area contributed by atoms with Crippen LogP contribution in [0.1, 0.15) is 24.1 Å². The molecule has 1 aromatic heterocycles. The van der Waals surface area contributed by atoms with E-state index < -0.39 is 0 Å². The van der Waals surface area contributed by atoms with Gasteiger partial charge in [0.2, 0.25) is 0 Å². The highest BCUT2D eigenvalue weighted by Gasteiger charge is 2.07. The molecule has 1 atom stereocenters. The summed E-state index contributed by atoms with van der Waals surface area (Å²) >= 11 is 6.17. The largest absolute Gasteiger partial charge is 0.310 e. The van der Waals surface area contributed by atoms with Crippen LogP contribution >= 0.6 is 11.6 Å². The predicted octanol–water partition coefficient (Wildman–Crippen LogP) is 3.63. The molecule has 0 amide bonds. The summed E-state index contributed by atoms with van der Waals surface area (Å²) in [7, 11) is 0. The third-order valence-corrected chi connectivity index (χ3v) is 3.33. The number of halogens is 1. The van der Waals surface area contributed by atoms with Crippen LogP contribution in [0.3, 0.4) is 0 Å². The standard InChI is InChI=1S/C15H17ClN2/c1-12(14-4-2-3-5-15(14)16)18-11-8-13-6-9-17-10-7-13/h2-7,9-10,12,18H,8,11H2,1H3/t12-/m0/s1. The predicted molar refractivity (Wildman–Crippen MR) is 75.8 cm³/mol. The number of nitrogens with zero attached hydrogens (tertiary/aromatic N) is 1. The summed E-state index contributed by atoms with van der Waals surface area (Å²) in [5.41, 5.74) is 2.44. The van der Waals surface area contributed by atoms with Crippen molar-refractivity contribution in [1.82, 2.24) is 10.3 Å². The monoisotopic (exact) mass is 260 g/mol. The van der Waals surface area contributed by atoms with Gasteiger partial charge in [0.15, 0.2) is 0 Å². The van der Waals surface area contributed by atoms with Gasteiger partial charge >= 0.3 is 0 Å². The van der Waals surface area contributed by atoms with E-state index in [2.05, 4.69) is 23.3 Å². The highest BCUT2D eigenvalue weighted by molar-refractivity contribution is 6.31. The Morgan fingerprint density at radius 1 is 1.17 bits per heavy atom. The zero-order valence-electron chi connectivity index (χ0n) is 10.4. The minimum atomic E-state index is 0.264. The van der Waals surface area contributed by atoms with Crippen molar-refractivity contribution < 1.29 is 0 Å². The van der Waals surface area contributed by atoms with Crippen molar-refractivity contribution >= 4 is 11.6 Å². The molecule has 0 aliphatic heterocycles. The van der Waals surface area contributed by atoms with E-state index in [-0.39, 0.29) is 6.04 Å². The van der Waals surface area contributed by atoms with Crippen molar-refractivity contribution in [2.75, 3.05) is 6.54 Å². The van der Waals surface area contributed by atoms with Gasteiger partial charge in [0.05, 0.1) is 0 Å². The SMILES string of the molecule is C[C@H](NCCc1ccncc1)c1ccccc1Cl. The number of rotatable bonds is 5. The fourth-order valence-electron chi connectivity index (χ4n) is 1.92. The molecule has 0 spiro atoms. The van der Waals surface area contributed by atoms with E-state index in [1.165, 1.54) is 5.56 Å². The van der Waals surface area contributed by atoms with Gasteiger partial charge in [-0.3, -0.25) is 4.98 Å². The average Bonchev–Trinajstić information content (AvgIpc) is 2.40. The Morgan fingerprint density at radius 3 is 2.61 bits per heavy atom. The summed E-state index contributed by atoms with van der Waals surface area (Å²) in [5.74, 6) is 0. The zero-order chi connectivity index (χ0) is 12.8. The van der Waals surface area contributed by atoms with Crippen LogP contribution in [0, 0.1) is 0 Å². The van der Waals surface area contributed by atoms with Gasteiger partial charge in [-0.15, -0.1) is 0 Å². The van der Waals surface area contributed by atoms with E-state index in [9.17, 15) is 0 Å². The maximum absolute atomic E-state index is 6.17. The first kappa shape index (κ1) is 13.1. The maximum Gasteiger partial charge on any atom is 0.0453 e. The maximum atomic E-state index is 6.17. The Balaban J connectivity index is 1.86. The molecule has 0 fully saturated rings. The number of benzene rings is 1. The van der Waals surface area contributed by atoms with Crippen LogP contribution in [0.2, 0.25) is 5.02 Å². The first-order chi connectivity index (χ1) is 8.77. The van der Waals surface area contributed by atoms with Crippen molar-refractivity contribution in [3.63, 3.8) is 0 Å². The summed E-state index contributed by atoms with van der Waals surface area (Å²) in [6, 6.07) is 12.3. The molecular formula is C15H17ClN2. The molecule has 0 bridgehead atoms. The Bertz CT molecular complexity index is 485. The van der Waals surface area contributed by atoms with Gasteiger partial charge in [0.25, 0.3) is 0 Å². The van der Waals surface area contributed by atoms with E-state index in [1.54, 1.807) is 0 Å². The molecule has 0 saturated heterocycles. The van der Waals surface area contributed by atoms with E-state index in [0.29, 0.717) is 0 Å². The lowest BCUT2D eigenvalue weighted by molar-refractivity contribution is 0.577. The number of hydrogen-bond donors (Lipinski definition) is 1. The summed E-state index contributed by atoms with van der Waals surface area (Å²) in [6.07, 6.45) is 4.65. The third-order valence-electron chi connectivity index (χ3n) is 2.99.